The van der Waals surface area contributed by atoms with Crippen LogP contribution in [0.4, 0.5) is 0 Å². The summed E-state index contributed by atoms with van der Waals surface area (Å²) >= 11 is 0. The molecule has 2 aromatic heterocycles. The first-order chi connectivity index (χ1) is 7.88. The van der Waals surface area contributed by atoms with Crippen molar-refractivity contribution in [1.82, 2.24) is 9.97 Å². The number of aromatic amines is 1. The Morgan fingerprint density at radius 1 is 1.47 bits per heavy atom. The van der Waals surface area contributed by atoms with Crippen LogP contribution in [0.2, 0.25) is 0 Å². The van der Waals surface area contributed by atoms with Gasteiger partial charge >= 0.3 is 5.97 Å². The minimum atomic E-state index is -1.00. The molecule has 0 atom stereocenters. The van der Waals surface area contributed by atoms with E-state index in [1.807, 2.05) is 20.8 Å². The lowest BCUT2D eigenvalue weighted by molar-refractivity contribution is 0.0699. The molecule has 2 N–H and O–H groups in total. The third-order valence-corrected chi connectivity index (χ3v) is 2.18. The van der Waals surface area contributed by atoms with Crippen LogP contribution in [0.5, 0.6) is 5.75 Å². The van der Waals surface area contributed by atoms with E-state index in [2.05, 4.69) is 9.97 Å². The Bertz CT molecular complexity index is 567. The van der Waals surface area contributed by atoms with Gasteiger partial charge in [0, 0.05) is 18.5 Å². The molecule has 0 amide bonds. The van der Waals surface area contributed by atoms with Crippen LogP contribution in [0.15, 0.2) is 18.5 Å². The van der Waals surface area contributed by atoms with Gasteiger partial charge in [-0.2, -0.15) is 0 Å². The molecule has 90 valence electrons. The van der Waals surface area contributed by atoms with E-state index >= 15 is 0 Å². The molecule has 0 radical (unpaired) electrons. The number of hydrogen-bond acceptors (Lipinski definition) is 3. The summed E-state index contributed by atoms with van der Waals surface area (Å²) in [7, 11) is 0. The van der Waals surface area contributed by atoms with Gasteiger partial charge in [-0.25, -0.2) is 4.79 Å². The number of rotatable bonds is 2. The highest BCUT2D eigenvalue weighted by atomic mass is 16.5. The number of nitrogens with zero attached hydrogens (tertiary/aromatic N) is 1. The molecular formula is C12H14N2O3. The summed E-state index contributed by atoms with van der Waals surface area (Å²) in [5.74, 6) is -0.397. The fourth-order valence-corrected chi connectivity index (χ4v) is 1.58. The van der Waals surface area contributed by atoms with Crippen molar-refractivity contribution < 1.29 is 14.6 Å². The number of pyridine rings is 1. The second kappa shape index (κ2) is 3.76. The molecule has 0 aliphatic rings. The fourth-order valence-electron chi connectivity index (χ4n) is 1.58. The molecule has 0 saturated heterocycles. The first-order valence-electron chi connectivity index (χ1n) is 5.27. The predicted octanol–water partition coefficient (Wildman–Crippen LogP) is 2.44. The zero-order chi connectivity index (χ0) is 12.6. The van der Waals surface area contributed by atoms with Gasteiger partial charge in [0.1, 0.15) is 27.9 Å². The van der Waals surface area contributed by atoms with Crippen molar-refractivity contribution in [3.63, 3.8) is 0 Å². The number of aromatic carboxylic acids is 1. The van der Waals surface area contributed by atoms with E-state index in [1.165, 1.54) is 6.20 Å². The molecule has 2 rings (SSSR count). The fraction of sp³-hybridized carbons (Fsp3) is 0.333. The van der Waals surface area contributed by atoms with Gasteiger partial charge in [0.15, 0.2) is 0 Å². The SMILES string of the molecule is CC(C)(C)Oc1ccnc2c(C(=O)O)c[nH]c12. The summed E-state index contributed by atoms with van der Waals surface area (Å²) < 4.78 is 5.74. The number of carboxylic acid groups (broad SMARTS) is 1. The monoisotopic (exact) mass is 234 g/mol. The number of fused-ring (bicyclic) bond motifs is 1. The average Bonchev–Trinajstić information content (AvgIpc) is 2.59. The molecule has 0 unspecified atom stereocenters. The van der Waals surface area contributed by atoms with Crippen molar-refractivity contribution in [2.45, 2.75) is 26.4 Å². The van der Waals surface area contributed by atoms with Crippen LogP contribution in [0.25, 0.3) is 11.0 Å². The maximum absolute atomic E-state index is 11.0. The quantitative estimate of drug-likeness (QED) is 0.836. The second-order valence-electron chi connectivity index (χ2n) is 4.75. The minimum absolute atomic E-state index is 0.152. The Morgan fingerprint density at radius 3 is 2.76 bits per heavy atom. The highest BCUT2D eigenvalue weighted by molar-refractivity contribution is 6.02. The maximum Gasteiger partial charge on any atom is 0.339 e. The molecule has 0 saturated carbocycles. The molecule has 2 aromatic rings. The molecule has 0 aromatic carbocycles. The van der Waals surface area contributed by atoms with Crippen molar-refractivity contribution in [2.24, 2.45) is 0 Å². The normalized spacial score (nSPS) is 11.7. The maximum atomic E-state index is 11.0. The van der Waals surface area contributed by atoms with Crippen LogP contribution in [-0.4, -0.2) is 26.6 Å². The third kappa shape index (κ3) is 2.22. The van der Waals surface area contributed by atoms with Crippen molar-refractivity contribution in [1.29, 1.82) is 0 Å². The largest absolute Gasteiger partial charge is 0.486 e. The molecule has 0 aliphatic carbocycles. The molecule has 0 bridgehead atoms. The number of carboxylic acids is 1. The molecule has 0 spiro atoms. The number of nitrogens with one attached hydrogen (secondary N) is 1. The first-order valence-corrected chi connectivity index (χ1v) is 5.27. The lowest BCUT2D eigenvalue weighted by Gasteiger charge is -2.21. The predicted molar refractivity (Wildman–Crippen MR) is 63.4 cm³/mol. The number of H-pyrrole nitrogens is 1. The Balaban J connectivity index is 2.56. The zero-order valence-electron chi connectivity index (χ0n) is 9.94. The number of carbonyl (C=O) groups is 1. The first kappa shape index (κ1) is 11.4. The summed E-state index contributed by atoms with van der Waals surface area (Å²) in [4.78, 5) is 17.9. The van der Waals surface area contributed by atoms with Crippen LogP contribution in [-0.2, 0) is 0 Å². The summed E-state index contributed by atoms with van der Waals surface area (Å²) in [6.45, 7) is 5.79. The Labute approximate surface area is 98.4 Å². The number of ether oxygens (including phenoxy) is 1. The number of hydrogen-bond donors (Lipinski definition) is 2. The van der Waals surface area contributed by atoms with Gasteiger partial charge in [-0.05, 0) is 20.8 Å². The average molecular weight is 234 g/mol. The highest BCUT2D eigenvalue weighted by Gasteiger charge is 2.18. The summed E-state index contributed by atoms with van der Waals surface area (Å²) in [5, 5.41) is 8.99. The van der Waals surface area contributed by atoms with Gasteiger partial charge in [-0.1, -0.05) is 0 Å². The zero-order valence-corrected chi connectivity index (χ0v) is 9.94. The van der Waals surface area contributed by atoms with Gasteiger partial charge in [0.05, 0.1) is 0 Å². The smallest absolute Gasteiger partial charge is 0.339 e. The lowest BCUT2D eigenvalue weighted by Crippen LogP contribution is -2.23. The van der Waals surface area contributed by atoms with Gasteiger partial charge < -0.3 is 14.8 Å². The molecular weight excluding hydrogens is 220 g/mol. The van der Waals surface area contributed by atoms with Gasteiger partial charge in [-0.3, -0.25) is 4.98 Å². The second-order valence-corrected chi connectivity index (χ2v) is 4.75. The Morgan fingerprint density at radius 2 is 2.18 bits per heavy atom. The standard InChI is InChI=1S/C12H14N2O3/c1-12(2,3)17-8-4-5-13-9-7(11(15)16)6-14-10(8)9/h4-6,14H,1-3H3,(H,15,16). The van der Waals surface area contributed by atoms with E-state index in [0.717, 1.165) is 0 Å². The van der Waals surface area contributed by atoms with Gasteiger partial charge in [0.25, 0.3) is 0 Å². The molecule has 0 aliphatic heterocycles. The molecule has 17 heavy (non-hydrogen) atoms. The number of aromatic nitrogens is 2. The van der Waals surface area contributed by atoms with Crippen molar-refractivity contribution in [2.75, 3.05) is 0 Å². The Hall–Kier alpha value is -2.04. The summed E-state index contributed by atoms with van der Waals surface area (Å²) in [6.07, 6.45) is 2.97. The Kier molecular flexibility index (Phi) is 2.53. The van der Waals surface area contributed by atoms with Crippen molar-refractivity contribution in [3.05, 3.63) is 24.0 Å². The summed E-state index contributed by atoms with van der Waals surface area (Å²) in [6, 6.07) is 1.72. The van der Waals surface area contributed by atoms with Crippen LogP contribution in [0.3, 0.4) is 0 Å². The van der Waals surface area contributed by atoms with E-state index < -0.39 is 5.97 Å². The van der Waals surface area contributed by atoms with E-state index in [-0.39, 0.29) is 11.2 Å². The van der Waals surface area contributed by atoms with Crippen LogP contribution < -0.4 is 4.74 Å². The van der Waals surface area contributed by atoms with E-state index in [4.69, 9.17) is 9.84 Å². The van der Waals surface area contributed by atoms with E-state index in [1.54, 1.807) is 12.3 Å². The van der Waals surface area contributed by atoms with Gasteiger partial charge in [-0.15, -0.1) is 0 Å². The van der Waals surface area contributed by atoms with Crippen molar-refractivity contribution >= 4 is 17.0 Å². The summed E-state index contributed by atoms with van der Waals surface area (Å²) in [5.41, 5.74) is 0.835. The van der Waals surface area contributed by atoms with Crippen LogP contribution in [0.1, 0.15) is 31.1 Å². The van der Waals surface area contributed by atoms with Crippen molar-refractivity contribution in [3.8, 4) is 5.75 Å². The molecule has 0 fully saturated rings. The van der Waals surface area contributed by atoms with Crippen LogP contribution in [0, 0.1) is 0 Å². The lowest BCUT2D eigenvalue weighted by atomic mass is 10.2. The molecule has 5 heteroatoms. The van der Waals surface area contributed by atoms with E-state index in [9.17, 15) is 4.79 Å². The molecule has 5 nitrogen and oxygen atoms in total. The highest BCUT2D eigenvalue weighted by Crippen LogP contribution is 2.27. The van der Waals surface area contributed by atoms with E-state index in [0.29, 0.717) is 16.8 Å². The minimum Gasteiger partial charge on any atom is -0.486 e. The topological polar surface area (TPSA) is 75.2 Å². The van der Waals surface area contributed by atoms with Crippen LogP contribution >= 0.6 is 0 Å². The third-order valence-electron chi connectivity index (χ3n) is 2.18. The molecule has 2 heterocycles. The van der Waals surface area contributed by atoms with Gasteiger partial charge in [0.2, 0.25) is 0 Å².